The third kappa shape index (κ3) is 3.57. The lowest BCUT2D eigenvalue weighted by molar-refractivity contribution is -0.124. The van der Waals surface area contributed by atoms with Crippen molar-refractivity contribution in [1.29, 1.82) is 0 Å². The van der Waals surface area contributed by atoms with Gasteiger partial charge < -0.3 is 19.3 Å². The van der Waals surface area contributed by atoms with Gasteiger partial charge in [0.2, 0.25) is 5.91 Å². The van der Waals surface area contributed by atoms with E-state index in [-0.39, 0.29) is 11.8 Å². The summed E-state index contributed by atoms with van der Waals surface area (Å²) in [5.74, 6) is 0.738. The second kappa shape index (κ2) is 7.88. The van der Waals surface area contributed by atoms with Crippen LogP contribution < -0.4 is 14.4 Å². The lowest BCUT2D eigenvalue weighted by atomic mass is 10.1. The summed E-state index contributed by atoms with van der Waals surface area (Å²) in [6.45, 7) is 2.52. The molecule has 27 heavy (non-hydrogen) atoms. The first-order chi connectivity index (χ1) is 13.0. The number of amides is 2. The van der Waals surface area contributed by atoms with Crippen molar-refractivity contribution < 1.29 is 19.1 Å². The zero-order valence-corrected chi connectivity index (χ0v) is 16.2. The van der Waals surface area contributed by atoms with E-state index in [9.17, 15) is 9.59 Å². The second-order valence-corrected chi connectivity index (χ2v) is 6.59. The molecule has 0 spiro atoms. The van der Waals surface area contributed by atoms with Crippen molar-refractivity contribution in [2.75, 3.05) is 32.2 Å². The summed E-state index contributed by atoms with van der Waals surface area (Å²) < 4.78 is 10.6. The van der Waals surface area contributed by atoms with Crippen LogP contribution in [0.3, 0.4) is 0 Å². The van der Waals surface area contributed by atoms with Gasteiger partial charge in [0, 0.05) is 24.8 Å². The van der Waals surface area contributed by atoms with Crippen LogP contribution in [0.5, 0.6) is 11.5 Å². The molecule has 3 rings (SSSR count). The molecule has 1 saturated heterocycles. The smallest absolute Gasteiger partial charge is 0.256 e. The van der Waals surface area contributed by atoms with Gasteiger partial charge in [-0.25, -0.2) is 0 Å². The van der Waals surface area contributed by atoms with Crippen molar-refractivity contribution in [3.05, 3.63) is 53.1 Å². The number of methoxy groups -OCH3 is 2. The molecule has 0 radical (unpaired) electrons. The lowest BCUT2D eigenvalue weighted by Crippen LogP contribution is -2.57. The minimum absolute atomic E-state index is 0.158. The first-order valence-electron chi connectivity index (χ1n) is 8.56. The molecule has 2 amide bonds. The topological polar surface area (TPSA) is 59.1 Å². The Morgan fingerprint density at radius 2 is 1.78 bits per heavy atom. The Balaban J connectivity index is 1.83. The highest BCUT2D eigenvalue weighted by Gasteiger charge is 2.36. The van der Waals surface area contributed by atoms with Crippen LogP contribution in [0.4, 0.5) is 5.69 Å². The van der Waals surface area contributed by atoms with Gasteiger partial charge in [-0.1, -0.05) is 23.7 Å². The molecule has 1 aliphatic rings. The number of halogens is 1. The SMILES string of the molecule is COc1ccc(N2CCN(C(=O)c3ccccc3Cl)C(C)C2=O)cc1OC. The fraction of sp³-hybridized carbons (Fsp3) is 0.300. The van der Waals surface area contributed by atoms with Crippen molar-refractivity contribution in [1.82, 2.24) is 4.90 Å². The average molecular weight is 389 g/mol. The maximum Gasteiger partial charge on any atom is 0.256 e. The van der Waals surface area contributed by atoms with Crippen molar-refractivity contribution in [3.63, 3.8) is 0 Å². The highest BCUT2D eigenvalue weighted by Crippen LogP contribution is 2.33. The van der Waals surface area contributed by atoms with Crippen molar-refractivity contribution in [2.45, 2.75) is 13.0 Å². The molecule has 2 aromatic rings. The van der Waals surface area contributed by atoms with Crippen LogP contribution in [0.15, 0.2) is 42.5 Å². The molecule has 7 heteroatoms. The Hall–Kier alpha value is -2.73. The average Bonchev–Trinajstić information content (AvgIpc) is 2.69. The Bertz CT molecular complexity index is 871. The monoisotopic (exact) mass is 388 g/mol. The quantitative estimate of drug-likeness (QED) is 0.806. The van der Waals surface area contributed by atoms with Crippen molar-refractivity contribution >= 4 is 29.1 Å². The normalized spacial score (nSPS) is 17.0. The minimum atomic E-state index is -0.601. The molecule has 0 aliphatic carbocycles. The van der Waals surface area contributed by atoms with Crippen LogP contribution in [0.2, 0.25) is 5.02 Å². The van der Waals surface area contributed by atoms with Gasteiger partial charge in [-0.2, -0.15) is 0 Å². The summed E-state index contributed by atoms with van der Waals surface area (Å²) in [5.41, 5.74) is 1.10. The predicted octanol–water partition coefficient (Wildman–Crippen LogP) is 3.23. The summed E-state index contributed by atoms with van der Waals surface area (Å²) in [7, 11) is 3.11. The molecule has 1 atom stereocenters. The number of hydrogen-bond donors (Lipinski definition) is 0. The van der Waals surface area contributed by atoms with E-state index >= 15 is 0 Å². The van der Waals surface area contributed by atoms with Gasteiger partial charge in [0.05, 0.1) is 24.8 Å². The third-order valence-electron chi connectivity index (χ3n) is 4.70. The second-order valence-electron chi connectivity index (χ2n) is 6.18. The van der Waals surface area contributed by atoms with Gasteiger partial charge >= 0.3 is 0 Å². The third-order valence-corrected chi connectivity index (χ3v) is 5.03. The van der Waals surface area contributed by atoms with E-state index in [1.807, 2.05) is 0 Å². The van der Waals surface area contributed by atoms with E-state index in [1.54, 1.807) is 73.4 Å². The number of hydrogen-bond acceptors (Lipinski definition) is 4. The molecule has 1 unspecified atom stereocenters. The van der Waals surface area contributed by atoms with Gasteiger partial charge in [0.15, 0.2) is 11.5 Å². The maximum atomic E-state index is 12.9. The number of carbonyl (C=O) groups is 2. The lowest BCUT2D eigenvalue weighted by Gasteiger charge is -2.39. The fourth-order valence-electron chi connectivity index (χ4n) is 3.19. The van der Waals surface area contributed by atoms with E-state index in [0.29, 0.717) is 40.9 Å². The van der Waals surface area contributed by atoms with Gasteiger partial charge in [0.25, 0.3) is 5.91 Å². The van der Waals surface area contributed by atoms with E-state index in [2.05, 4.69) is 0 Å². The predicted molar refractivity (Wildman–Crippen MR) is 104 cm³/mol. The van der Waals surface area contributed by atoms with Crippen LogP contribution >= 0.6 is 11.6 Å². The summed E-state index contributed by atoms with van der Waals surface area (Å²) >= 11 is 6.14. The molecule has 0 bridgehead atoms. The Morgan fingerprint density at radius 1 is 1.07 bits per heavy atom. The zero-order valence-electron chi connectivity index (χ0n) is 15.4. The van der Waals surface area contributed by atoms with E-state index in [0.717, 1.165) is 0 Å². The molecule has 1 heterocycles. The van der Waals surface area contributed by atoms with Gasteiger partial charge in [-0.05, 0) is 31.2 Å². The molecule has 1 aliphatic heterocycles. The van der Waals surface area contributed by atoms with E-state index in [4.69, 9.17) is 21.1 Å². The number of piperazine rings is 1. The first kappa shape index (κ1) is 19.0. The summed E-state index contributed by atoms with van der Waals surface area (Å²) in [4.78, 5) is 29.0. The fourth-order valence-corrected chi connectivity index (χ4v) is 3.40. The molecule has 0 aromatic heterocycles. The zero-order chi connectivity index (χ0) is 19.6. The molecule has 142 valence electrons. The molecule has 1 fully saturated rings. The van der Waals surface area contributed by atoms with Gasteiger partial charge in [-0.15, -0.1) is 0 Å². The molecule has 6 nitrogen and oxygen atoms in total. The highest BCUT2D eigenvalue weighted by molar-refractivity contribution is 6.33. The number of rotatable bonds is 4. The van der Waals surface area contributed by atoms with E-state index in [1.165, 1.54) is 0 Å². The highest BCUT2D eigenvalue weighted by atomic mass is 35.5. The molecule has 2 aromatic carbocycles. The number of anilines is 1. The standard InChI is InChI=1S/C20H21ClN2O4/c1-13-19(24)23(14-8-9-17(26-2)18(12-14)27-3)11-10-22(13)20(25)15-6-4-5-7-16(15)21/h4-9,12-13H,10-11H2,1-3H3. The molecular weight excluding hydrogens is 368 g/mol. The molecular formula is C20H21ClN2O4. The van der Waals surface area contributed by atoms with Crippen LogP contribution in [0.25, 0.3) is 0 Å². The number of ether oxygens (including phenoxy) is 2. The van der Waals surface area contributed by atoms with Crippen LogP contribution in [-0.4, -0.2) is 50.1 Å². The van der Waals surface area contributed by atoms with Crippen LogP contribution in [-0.2, 0) is 4.79 Å². The van der Waals surface area contributed by atoms with Gasteiger partial charge in [0.1, 0.15) is 6.04 Å². The Morgan fingerprint density at radius 3 is 2.44 bits per heavy atom. The Kier molecular flexibility index (Phi) is 5.56. The van der Waals surface area contributed by atoms with Crippen molar-refractivity contribution in [2.24, 2.45) is 0 Å². The number of benzene rings is 2. The number of nitrogens with zero attached hydrogens (tertiary/aromatic N) is 2. The summed E-state index contributed by atoms with van der Waals surface area (Å²) in [6.07, 6.45) is 0. The summed E-state index contributed by atoms with van der Waals surface area (Å²) in [6, 6.07) is 11.6. The number of carbonyl (C=O) groups excluding carboxylic acids is 2. The van der Waals surface area contributed by atoms with Crippen LogP contribution in [0, 0.1) is 0 Å². The Labute approximate surface area is 163 Å². The van der Waals surface area contributed by atoms with Gasteiger partial charge in [-0.3, -0.25) is 9.59 Å². The maximum absolute atomic E-state index is 12.9. The minimum Gasteiger partial charge on any atom is -0.493 e. The largest absolute Gasteiger partial charge is 0.493 e. The van der Waals surface area contributed by atoms with Crippen LogP contribution in [0.1, 0.15) is 17.3 Å². The van der Waals surface area contributed by atoms with E-state index < -0.39 is 6.04 Å². The molecule has 0 saturated carbocycles. The molecule has 0 N–H and O–H groups in total. The van der Waals surface area contributed by atoms with Crippen molar-refractivity contribution in [3.8, 4) is 11.5 Å². The first-order valence-corrected chi connectivity index (χ1v) is 8.94. The summed E-state index contributed by atoms with van der Waals surface area (Å²) in [5, 5.41) is 0.379.